The first kappa shape index (κ1) is 11.7. The molecular weight excluding hydrogens is 220 g/mol. The van der Waals surface area contributed by atoms with Gasteiger partial charge < -0.3 is 9.15 Å². The number of furan rings is 1. The molecule has 3 N–H and O–H groups in total. The molecule has 0 aromatic carbocycles. The highest BCUT2D eigenvalue weighted by molar-refractivity contribution is 5.35. The second kappa shape index (κ2) is 4.60. The lowest BCUT2D eigenvalue weighted by molar-refractivity contribution is 0.386. The van der Waals surface area contributed by atoms with E-state index in [-0.39, 0.29) is 6.04 Å². The van der Waals surface area contributed by atoms with Gasteiger partial charge >= 0.3 is 0 Å². The minimum Gasteiger partial charge on any atom is -0.493 e. The summed E-state index contributed by atoms with van der Waals surface area (Å²) in [5, 5.41) is 4.15. The van der Waals surface area contributed by atoms with Crippen LogP contribution in [-0.2, 0) is 7.05 Å². The molecule has 17 heavy (non-hydrogen) atoms. The van der Waals surface area contributed by atoms with Crippen molar-refractivity contribution in [3.8, 4) is 5.75 Å². The number of methoxy groups -OCH3 is 1. The highest BCUT2D eigenvalue weighted by Crippen LogP contribution is 2.30. The Morgan fingerprint density at radius 3 is 2.88 bits per heavy atom. The maximum atomic E-state index is 5.61. The van der Waals surface area contributed by atoms with Crippen molar-refractivity contribution in [1.29, 1.82) is 0 Å². The zero-order valence-electron chi connectivity index (χ0n) is 10.1. The van der Waals surface area contributed by atoms with Gasteiger partial charge in [-0.1, -0.05) is 0 Å². The Balaban J connectivity index is 2.49. The van der Waals surface area contributed by atoms with E-state index >= 15 is 0 Å². The molecule has 2 heterocycles. The van der Waals surface area contributed by atoms with E-state index in [9.17, 15) is 0 Å². The smallest absolute Gasteiger partial charge is 0.162 e. The van der Waals surface area contributed by atoms with E-state index in [0.717, 1.165) is 17.0 Å². The topological polar surface area (TPSA) is 78.2 Å². The Hall–Kier alpha value is -1.79. The van der Waals surface area contributed by atoms with Crippen LogP contribution in [0.3, 0.4) is 0 Å². The average Bonchev–Trinajstić information content (AvgIpc) is 2.89. The molecule has 1 unspecified atom stereocenters. The van der Waals surface area contributed by atoms with Crippen molar-refractivity contribution in [2.24, 2.45) is 12.9 Å². The van der Waals surface area contributed by atoms with Crippen molar-refractivity contribution in [3.05, 3.63) is 35.5 Å². The van der Waals surface area contributed by atoms with Gasteiger partial charge in [-0.05, 0) is 18.6 Å². The predicted molar refractivity (Wildman–Crippen MR) is 62.4 cm³/mol. The summed E-state index contributed by atoms with van der Waals surface area (Å²) >= 11 is 0. The van der Waals surface area contributed by atoms with Gasteiger partial charge in [-0.3, -0.25) is 10.5 Å². The number of hydrogen-bond acceptors (Lipinski definition) is 5. The van der Waals surface area contributed by atoms with Gasteiger partial charge in [0.15, 0.2) is 5.75 Å². The number of rotatable bonds is 4. The molecule has 2 rings (SSSR count). The number of aryl methyl sites for hydroxylation is 2. The van der Waals surface area contributed by atoms with Crippen LogP contribution in [0.25, 0.3) is 0 Å². The zero-order valence-corrected chi connectivity index (χ0v) is 10.1. The van der Waals surface area contributed by atoms with Crippen molar-refractivity contribution >= 4 is 0 Å². The Morgan fingerprint density at radius 2 is 2.35 bits per heavy atom. The molecule has 0 fully saturated rings. The van der Waals surface area contributed by atoms with Crippen LogP contribution in [0.5, 0.6) is 5.75 Å². The van der Waals surface area contributed by atoms with Gasteiger partial charge in [-0.25, -0.2) is 5.43 Å². The van der Waals surface area contributed by atoms with Crippen LogP contribution in [0.2, 0.25) is 0 Å². The van der Waals surface area contributed by atoms with Crippen LogP contribution >= 0.6 is 0 Å². The number of hydrazine groups is 1. The molecule has 0 aliphatic heterocycles. The van der Waals surface area contributed by atoms with Gasteiger partial charge in [0.25, 0.3) is 0 Å². The van der Waals surface area contributed by atoms with Crippen LogP contribution in [0.1, 0.15) is 23.1 Å². The summed E-state index contributed by atoms with van der Waals surface area (Å²) in [7, 11) is 3.43. The first-order valence-corrected chi connectivity index (χ1v) is 5.25. The average molecular weight is 236 g/mol. The predicted octanol–water partition coefficient (Wildman–Crippen LogP) is 0.883. The molecule has 0 saturated carbocycles. The molecule has 0 aliphatic carbocycles. The molecule has 1 atom stereocenters. The first-order chi connectivity index (χ1) is 8.19. The summed E-state index contributed by atoms with van der Waals surface area (Å²) in [6, 6.07) is 1.61. The van der Waals surface area contributed by atoms with E-state index in [0.29, 0.717) is 5.75 Å². The highest BCUT2D eigenvalue weighted by atomic mass is 16.5. The number of nitrogens with two attached hydrogens (primary N) is 1. The SMILES string of the molecule is COc1cnn(C)c1C(NN)c1occc1C. The Bertz CT molecular complexity index is 503. The molecule has 0 spiro atoms. The number of ether oxygens (including phenoxy) is 1. The largest absolute Gasteiger partial charge is 0.493 e. The summed E-state index contributed by atoms with van der Waals surface area (Å²) in [6.45, 7) is 1.96. The van der Waals surface area contributed by atoms with Crippen LogP contribution in [0, 0.1) is 6.92 Å². The second-order valence-corrected chi connectivity index (χ2v) is 3.79. The van der Waals surface area contributed by atoms with Gasteiger partial charge in [0.2, 0.25) is 0 Å². The van der Waals surface area contributed by atoms with E-state index in [4.69, 9.17) is 15.0 Å². The lowest BCUT2D eigenvalue weighted by Gasteiger charge is -2.16. The first-order valence-electron chi connectivity index (χ1n) is 5.25. The van der Waals surface area contributed by atoms with Crippen LogP contribution in [0.4, 0.5) is 0 Å². The van der Waals surface area contributed by atoms with Crippen molar-refractivity contribution < 1.29 is 9.15 Å². The molecular formula is C11H16N4O2. The van der Waals surface area contributed by atoms with Gasteiger partial charge in [0.05, 0.1) is 19.6 Å². The van der Waals surface area contributed by atoms with Crippen LogP contribution in [0.15, 0.2) is 22.9 Å². The third-order valence-corrected chi connectivity index (χ3v) is 2.77. The molecule has 0 radical (unpaired) electrons. The molecule has 6 heteroatoms. The Labute approximate surface area is 99.3 Å². The highest BCUT2D eigenvalue weighted by Gasteiger charge is 2.25. The molecule has 0 saturated heterocycles. The van der Waals surface area contributed by atoms with Gasteiger partial charge in [-0.15, -0.1) is 0 Å². The van der Waals surface area contributed by atoms with E-state index in [2.05, 4.69) is 10.5 Å². The molecule has 0 bridgehead atoms. The van der Waals surface area contributed by atoms with Gasteiger partial charge in [0, 0.05) is 7.05 Å². The third-order valence-electron chi connectivity index (χ3n) is 2.77. The van der Waals surface area contributed by atoms with Gasteiger partial charge in [0.1, 0.15) is 17.5 Å². The maximum Gasteiger partial charge on any atom is 0.162 e. The lowest BCUT2D eigenvalue weighted by Crippen LogP contribution is -2.30. The standard InChI is InChI=1S/C11H16N4O2/c1-7-4-5-17-11(7)9(14-12)10-8(16-3)6-13-15(10)2/h4-6,9,14H,12H2,1-3H3. The van der Waals surface area contributed by atoms with E-state index < -0.39 is 0 Å². The van der Waals surface area contributed by atoms with Crippen LogP contribution < -0.4 is 16.0 Å². The second-order valence-electron chi connectivity index (χ2n) is 3.79. The molecule has 2 aromatic rings. The number of aromatic nitrogens is 2. The quantitative estimate of drug-likeness (QED) is 0.608. The minimum absolute atomic E-state index is 0.285. The molecule has 0 aliphatic rings. The lowest BCUT2D eigenvalue weighted by atomic mass is 10.1. The Morgan fingerprint density at radius 1 is 1.59 bits per heavy atom. The number of nitrogens with zero attached hydrogens (tertiary/aromatic N) is 2. The fourth-order valence-electron chi connectivity index (χ4n) is 1.87. The molecule has 0 amide bonds. The van der Waals surface area contributed by atoms with E-state index in [1.54, 1.807) is 24.3 Å². The Kier molecular flexibility index (Phi) is 3.16. The van der Waals surface area contributed by atoms with Crippen molar-refractivity contribution in [2.45, 2.75) is 13.0 Å². The van der Waals surface area contributed by atoms with Crippen LogP contribution in [-0.4, -0.2) is 16.9 Å². The van der Waals surface area contributed by atoms with E-state index in [1.165, 1.54) is 0 Å². The fraction of sp³-hybridized carbons (Fsp3) is 0.364. The number of nitrogens with one attached hydrogen (secondary N) is 1. The number of hydrogen-bond donors (Lipinski definition) is 2. The van der Waals surface area contributed by atoms with Crippen molar-refractivity contribution in [3.63, 3.8) is 0 Å². The summed E-state index contributed by atoms with van der Waals surface area (Å²) in [6.07, 6.45) is 3.29. The summed E-state index contributed by atoms with van der Waals surface area (Å²) in [5.74, 6) is 7.04. The minimum atomic E-state index is -0.285. The monoisotopic (exact) mass is 236 g/mol. The summed E-state index contributed by atoms with van der Waals surface area (Å²) in [4.78, 5) is 0. The van der Waals surface area contributed by atoms with Crippen molar-refractivity contribution in [2.75, 3.05) is 7.11 Å². The van der Waals surface area contributed by atoms with E-state index in [1.807, 2.05) is 20.0 Å². The molecule has 92 valence electrons. The maximum absolute atomic E-state index is 5.61. The van der Waals surface area contributed by atoms with Gasteiger partial charge in [-0.2, -0.15) is 5.10 Å². The molecule has 6 nitrogen and oxygen atoms in total. The van der Waals surface area contributed by atoms with Crippen molar-refractivity contribution in [1.82, 2.24) is 15.2 Å². The third kappa shape index (κ3) is 1.92. The summed E-state index contributed by atoms with van der Waals surface area (Å²) in [5.41, 5.74) is 4.58. The molecule has 2 aromatic heterocycles. The summed E-state index contributed by atoms with van der Waals surface area (Å²) < 4.78 is 12.4. The zero-order chi connectivity index (χ0) is 12.4. The fourth-order valence-corrected chi connectivity index (χ4v) is 1.87. The normalized spacial score (nSPS) is 12.7.